The monoisotopic (exact) mass is 214 g/mol. The Morgan fingerprint density at radius 2 is 2.36 bits per heavy atom. The second-order valence-corrected chi connectivity index (χ2v) is 3.11. The zero-order valence-electron chi connectivity index (χ0n) is 6.66. The van der Waals surface area contributed by atoms with Crippen molar-refractivity contribution in [3.05, 3.63) is 23.2 Å². The second-order valence-electron chi connectivity index (χ2n) is 2.58. The molecule has 0 saturated carbocycles. The minimum atomic E-state index is 0.469. The maximum Gasteiger partial charge on any atom is 0.133 e. The van der Waals surface area contributed by atoms with Crippen LogP contribution >= 0.6 is 15.9 Å². The molecule has 0 N–H and O–H groups in total. The molecular weight excluding hydrogens is 204 g/mol. The highest BCUT2D eigenvalue weighted by atomic mass is 79.9. The number of aromatic nitrogens is 2. The van der Waals surface area contributed by atoms with E-state index in [2.05, 4.69) is 39.3 Å². The van der Waals surface area contributed by atoms with Crippen molar-refractivity contribution in [1.29, 1.82) is 0 Å². The van der Waals surface area contributed by atoms with Crippen molar-refractivity contribution in [3.8, 4) is 0 Å². The molecule has 1 aromatic rings. The van der Waals surface area contributed by atoms with E-state index in [9.17, 15) is 0 Å². The molecule has 0 saturated heterocycles. The molecule has 60 valence electrons. The van der Waals surface area contributed by atoms with Gasteiger partial charge in [0.2, 0.25) is 0 Å². The highest BCUT2D eigenvalue weighted by Crippen LogP contribution is 2.09. The lowest BCUT2D eigenvalue weighted by molar-refractivity contribution is 0.595. The Kier molecular flexibility index (Phi) is 2.88. The van der Waals surface area contributed by atoms with E-state index in [4.69, 9.17) is 0 Å². The summed E-state index contributed by atoms with van der Waals surface area (Å²) >= 11 is 3.22. The van der Waals surface area contributed by atoms with Gasteiger partial charge in [0.05, 0.1) is 0 Å². The van der Waals surface area contributed by atoms with Crippen molar-refractivity contribution in [2.75, 3.05) is 0 Å². The van der Waals surface area contributed by atoms with Crippen molar-refractivity contribution < 1.29 is 0 Å². The third kappa shape index (κ3) is 1.93. The van der Waals surface area contributed by atoms with Gasteiger partial charge in [-0.05, 0) is 24.9 Å². The van der Waals surface area contributed by atoms with Crippen LogP contribution in [0.1, 0.15) is 25.7 Å². The first-order chi connectivity index (χ1) is 5.25. The Bertz CT molecular complexity index is 250. The topological polar surface area (TPSA) is 17.8 Å². The minimum Gasteiger partial charge on any atom is -0.329 e. The fourth-order valence-corrected chi connectivity index (χ4v) is 1.18. The molecule has 0 amide bonds. The molecule has 2 nitrogen and oxygen atoms in total. The molecular formula is C8H11BrN2. The standard InChI is InChI=1S/C8H11BrN2/c1-7(2)11-6-5-10-8(11)3-4-9/h3-7H,1-2H3/b4-3+. The van der Waals surface area contributed by atoms with Gasteiger partial charge in [0.25, 0.3) is 0 Å². The van der Waals surface area contributed by atoms with Gasteiger partial charge in [-0.3, -0.25) is 0 Å². The predicted molar refractivity (Wildman–Crippen MR) is 50.6 cm³/mol. The highest BCUT2D eigenvalue weighted by Gasteiger charge is 2.00. The Morgan fingerprint density at radius 3 is 2.91 bits per heavy atom. The Balaban J connectivity index is 2.96. The number of rotatable bonds is 2. The first-order valence-electron chi connectivity index (χ1n) is 3.55. The van der Waals surface area contributed by atoms with Crippen LogP contribution in [0.25, 0.3) is 6.08 Å². The molecule has 1 rings (SSSR count). The van der Waals surface area contributed by atoms with Gasteiger partial charge in [0.1, 0.15) is 5.82 Å². The Morgan fingerprint density at radius 1 is 1.64 bits per heavy atom. The van der Waals surface area contributed by atoms with Gasteiger partial charge in [0, 0.05) is 18.4 Å². The molecule has 0 aliphatic rings. The van der Waals surface area contributed by atoms with Crippen LogP contribution in [0.5, 0.6) is 0 Å². The zero-order valence-corrected chi connectivity index (χ0v) is 8.25. The molecule has 0 unspecified atom stereocenters. The van der Waals surface area contributed by atoms with Crippen LogP contribution < -0.4 is 0 Å². The average molecular weight is 215 g/mol. The van der Waals surface area contributed by atoms with Crippen molar-refractivity contribution in [3.63, 3.8) is 0 Å². The third-order valence-electron chi connectivity index (χ3n) is 1.47. The van der Waals surface area contributed by atoms with E-state index in [1.54, 1.807) is 0 Å². The second kappa shape index (κ2) is 3.72. The van der Waals surface area contributed by atoms with Crippen molar-refractivity contribution in [1.82, 2.24) is 9.55 Å². The SMILES string of the molecule is CC(C)n1ccnc1/C=C/Br. The van der Waals surface area contributed by atoms with Gasteiger partial charge in [-0.2, -0.15) is 0 Å². The third-order valence-corrected chi connectivity index (χ3v) is 1.73. The summed E-state index contributed by atoms with van der Waals surface area (Å²) in [5.41, 5.74) is 0. The summed E-state index contributed by atoms with van der Waals surface area (Å²) in [5, 5.41) is 0. The normalized spacial score (nSPS) is 11.6. The van der Waals surface area contributed by atoms with Gasteiger partial charge in [0.15, 0.2) is 0 Å². The number of halogens is 1. The van der Waals surface area contributed by atoms with E-state index in [-0.39, 0.29) is 0 Å². The number of hydrogen-bond acceptors (Lipinski definition) is 1. The van der Waals surface area contributed by atoms with Crippen molar-refractivity contribution in [2.45, 2.75) is 19.9 Å². The molecule has 0 bridgehead atoms. The van der Waals surface area contributed by atoms with E-state index < -0.39 is 0 Å². The summed E-state index contributed by atoms with van der Waals surface area (Å²) in [4.78, 5) is 5.99. The molecule has 0 atom stereocenters. The molecule has 1 heterocycles. The van der Waals surface area contributed by atoms with E-state index >= 15 is 0 Å². The van der Waals surface area contributed by atoms with E-state index in [1.165, 1.54) is 0 Å². The maximum atomic E-state index is 4.17. The molecule has 0 aliphatic heterocycles. The van der Waals surface area contributed by atoms with Gasteiger partial charge in [-0.15, -0.1) is 0 Å². The van der Waals surface area contributed by atoms with Crippen LogP contribution in [-0.4, -0.2) is 9.55 Å². The average Bonchev–Trinajstić information content (AvgIpc) is 2.36. The molecule has 0 aliphatic carbocycles. The molecule has 0 spiro atoms. The molecule has 0 radical (unpaired) electrons. The first kappa shape index (κ1) is 8.53. The van der Waals surface area contributed by atoms with Crippen molar-refractivity contribution in [2.24, 2.45) is 0 Å². The lowest BCUT2D eigenvalue weighted by Gasteiger charge is -2.07. The number of imidazole rings is 1. The summed E-state index contributed by atoms with van der Waals surface area (Å²) in [5.74, 6) is 0.983. The molecule has 11 heavy (non-hydrogen) atoms. The van der Waals surface area contributed by atoms with Crippen LogP contribution in [0.15, 0.2) is 17.4 Å². The summed E-state index contributed by atoms with van der Waals surface area (Å²) in [6, 6.07) is 0.469. The molecule has 1 aromatic heterocycles. The van der Waals surface area contributed by atoms with Crippen LogP contribution in [0.2, 0.25) is 0 Å². The summed E-state index contributed by atoms with van der Waals surface area (Å²) in [7, 11) is 0. The van der Waals surface area contributed by atoms with Crippen molar-refractivity contribution >= 4 is 22.0 Å². The zero-order chi connectivity index (χ0) is 8.27. The Hall–Kier alpha value is -0.570. The van der Waals surface area contributed by atoms with E-state index in [1.807, 2.05) is 23.5 Å². The molecule has 0 fully saturated rings. The first-order valence-corrected chi connectivity index (χ1v) is 4.47. The van der Waals surface area contributed by atoms with Gasteiger partial charge in [-0.1, -0.05) is 15.9 Å². The van der Waals surface area contributed by atoms with Gasteiger partial charge < -0.3 is 4.57 Å². The number of hydrogen-bond donors (Lipinski definition) is 0. The predicted octanol–water partition coefficient (Wildman–Crippen LogP) is 2.83. The minimum absolute atomic E-state index is 0.469. The lowest BCUT2D eigenvalue weighted by atomic mass is 10.4. The molecule has 3 heteroatoms. The van der Waals surface area contributed by atoms with Crippen LogP contribution in [-0.2, 0) is 0 Å². The summed E-state index contributed by atoms with van der Waals surface area (Å²) in [6.07, 6.45) is 5.72. The number of nitrogens with zero attached hydrogens (tertiary/aromatic N) is 2. The Labute approximate surface area is 75.1 Å². The maximum absolute atomic E-state index is 4.17. The van der Waals surface area contributed by atoms with E-state index in [0.29, 0.717) is 6.04 Å². The van der Waals surface area contributed by atoms with Crippen LogP contribution in [0, 0.1) is 0 Å². The fourth-order valence-electron chi connectivity index (χ4n) is 0.947. The van der Waals surface area contributed by atoms with Crippen LogP contribution in [0.3, 0.4) is 0 Å². The largest absolute Gasteiger partial charge is 0.329 e. The fraction of sp³-hybridized carbons (Fsp3) is 0.375. The smallest absolute Gasteiger partial charge is 0.133 e. The lowest BCUT2D eigenvalue weighted by Crippen LogP contribution is -2.00. The summed E-state index contributed by atoms with van der Waals surface area (Å²) in [6.45, 7) is 4.26. The molecule has 0 aromatic carbocycles. The quantitative estimate of drug-likeness (QED) is 0.741. The van der Waals surface area contributed by atoms with Crippen LogP contribution in [0.4, 0.5) is 0 Å². The van der Waals surface area contributed by atoms with E-state index in [0.717, 1.165) is 5.82 Å². The summed E-state index contributed by atoms with van der Waals surface area (Å²) < 4.78 is 2.11. The van der Waals surface area contributed by atoms with Gasteiger partial charge in [-0.25, -0.2) is 4.98 Å². The van der Waals surface area contributed by atoms with Gasteiger partial charge >= 0.3 is 0 Å². The highest BCUT2D eigenvalue weighted by molar-refractivity contribution is 9.11.